The first-order valence-corrected chi connectivity index (χ1v) is 8.00. The van der Waals surface area contributed by atoms with Crippen LogP contribution in [-0.4, -0.2) is 30.5 Å². The number of carbonyl (C=O) groups excluding carboxylic acids is 2. The molecule has 0 aliphatic carbocycles. The largest absolute Gasteiger partial charge is 0.481 e. The molecule has 1 aromatic heterocycles. The van der Waals surface area contributed by atoms with Crippen LogP contribution in [0.1, 0.15) is 12.0 Å². The summed E-state index contributed by atoms with van der Waals surface area (Å²) in [6, 6.07) is 6.37. The zero-order chi connectivity index (χ0) is 18.7. The Morgan fingerprint density at radius 1 is 1.35 bits per heavy atom. The number of nitrogens with zero attached hydrogens (tertiary/aromatic N) is 2. The number of aromatic nitrogens is 1. The number of nitrogens with one attached hydrogen (secondary N) is 1. The van der Waals surface area contributed by atoms with Crippen LogP contribution in [0.2, 0.25) is 0 Å². The quantitative estimate of drug-likeness (QED) is 0.885. The molecule has 0 bridgehead atoms. The molecule has 26 heavy (non-hydrogen) atoms. The van der Waals surface area contributed by atoms with Crippen LogP contribution in [0.5, 0.6) is 5.88 Å². The normalized spacial score (nSPS) is 16.7. The molecule has 1 aromatic carbocycles. The van der Waals surface area contributed by atoms with E-state index in [1.165, 1.54) is 12.0 Å². The van der Waals surface area contributed by atoms with Crippen LogP contribution >= 0.6 is 0 Å². The van der Waals surface area contributed by atoms with Gasteiger partial charge in [-0.15, -0.1) is 0 Å². The third-order valence-electron chi connectivity index (χ3n) is 4.15. The van der Waals surface area contributed by atoms with Gasteiger partial charge >= 0.3 is 0 Å². The number of pyridine rings is 1. The summed E-state index contributed by atoms with van der Waals surface area (Å²) >= 11 is 0. The van der Waals surface area contributed by atoms with E-state index in [0.717, 1.165) is 18.2 Å². The van der Waals surface area contributed by atoms with Crippen molar-refractivity contribution in [1.82, 2.24) is 10.3 Å². The first-order valence-electron chi connectivity index (χ1n) is 8.00. The Morgan fingerprint density at radius 2 is 2.08 bits per heavy atom. The van der Waals surface area contributed by atoms with Gasteiger partial charge in [0.1, 0.15) is 11.6 Å². The summed E-state index contributed by atoms with van der Waals surface area (Å²) < 4.78 is 31.9. The predicted octanol–water partition coefficient (Wildman–Crippen LogP) is 2.04. The molecule has 6 nitrogen and oxygen atoms in total. The van der Waals surface area contributed by atoms with Crippen molar-refractivity contribution in [2.45, 2.75) is 13.0 Å². The van der Waals surface area contributed by atoms with Crippen molar-refractivity contribution in [3.8, 4) is 5.88 Å². The van der Waals surface area contributed by atoms with Gasteiger partial charge in [-0.1, -0.05) is 6.07 Å². The molecule has 2 amide bonds. The Balaban J connectivity index is 1.65. The van der Waals surface area contributed by atoms with Crippen LogP contribution in [0.25, 0.3) is 0 Å². The highest BCUT2D eigenvalue weighted by molar-refractivity contribution is 6.00. The van der Waals surface area contributed by atoms with Gasteiger partial charge in [0, 0.05) is 43.0 Å². The summed E-state index contributed by atoms with van der Waals surface area (Å²) in [7, 11) is 1.49. The fourth-order valence-electron chi connectivity index (χ4n) is 2.90. The van der Waals surface area contributed by atoms with Crippen LogP contribution < -0.4 is 15.0 Å². The minimum atomic E-state index is -0.774. The minimum absolute atomic E-state index is 0.0197. The summed E-state index contributed by atoms with van der Waals surface area (Å²) in [5, 5.41) is 2.74. The van der Waals surface area contributed by atoms with Gasteiger partial charge in [-0.2, -0.15) is 0 Å². The number of anilines is 1. The number of carbonyl (C=O) groups is 2. The van der Waals surface area contributed by atoms with E-state index in [2.05, 4.69) is 10.3 Å². The van der Waals surface area contributed by atoms with E-state index >= 15 is 0 Å². The number of halogens is 2. The monoisotopic (exact) mass is 361 g/mol. The molecule has 0 spiro atoms. The molecule has 0 saturated carbocycles. The summed E-state index contributed by atoms with van der Waals surface area (Å²) in [5.41, 5.74) is 0.813. The second-order valence-corrected chi connectivity index (χ2v) is 5.92. The Bertz CT molecular complexity index is 824. The minimum Gasteiger partial charge on any atom is -0.481 e. The van der Waals surface area contributed by atoms with E-state index in [0.29, 0.717) is 11.4 Å². The van der Waals surface area contributed by atoms with E-state index < -0.39 is 17.6 Å². The smallest absolute Gasteiger partial charge is 0.227 e. The van der Waals surface area contributed by atoms with Gasteiger partial charge < -0.3 is 15.0 Å². The van der Waals surface area contributed by atoms with E-state index in [4.69, 9.17) is 4.74 Å². The molecule has 1 N–H and O–H groups in total. The van der Waals surface area contributed by atoms with E-state index in [9.17, 15) is 18.4 Å². The maximum Gasteiger partial charge on any atom is 0.227 e. The molecular weight excluding hydrogens is 344 g/mol. The summed E-state index contributed by atoms with van der Waals surface area (Å²) in [6.07, 6.45) is 1.56. The number of ether oxygens (including phenoxy) is 1. The highest BCUT2D eigenvalue weighted by Crippen LogP contribution is 2.27. The van der Waals surface area contributed by atoms with Crippen molar-refractivity contribution in [1.29, 1.82) is 0 Å². The molecule has 1 fully saturated rings. The maximum absolute atomic E-state index is 13.4. The molecule has 1 aliphatic rings. The Morgan fingerprint density at radius 3 is 2.77 bits per heavy atom. The van der Waals surface area contributed by atoms with Crippen molar-refractivity contribution >= 4 is 17.5 Å². The van der Waals surface area contributed by atoms with Crippen LogP contribution in [0, 0.1) is 17.6 Å². The first kappa shape index (κ1) is 17.8. The molecule has 1 unspecified atom stereocenters. The van der Waals surface area contributed by atoms with E-state index in [1.54, 1.807) is 18.3 Å². The van der Waals surface area contributed by atoms with Gasteiger partial charge in [0.05, 0.1) is 13.0 Å². The molecule has 8 heteroatoms. The predicted molar refractivity (Wildman–Crippen MR) is 89.5 cm³/mol. The SMILES string of the molecule is COc1ncccc1CNC(=O)C1CC(=O)N(c2cc(F)cc(F)c2)C1. The average molecular weight is 361 g/mol. The summed E-state index contributed by atoms with van der Waals surface area (Å²) in [6.45, 7) is 0.271. The average Bonchev–Trinajstić information content (AvgIpc) is 3.01. The topological polar surface area (TPSA) is 71.5 Å². The molecule has 136 valence electrons. The number of amides is 2. The lowest BCUT2D eigenvalue weighted by Crippen LogP contribution is -2.32. The number of hydrogen-bond acceptors (Lipinski definition) is 4. The Labute approximate surface area is 148 Å². The van der Waals surface area contributed by atoms with Crippen LogP contribution in [-0.2, 0) is 16.1 Å². The molecule has 1 atom stereocenters. The second-order valence-electron chi connectivity index (χ2n) is 5.92. The number of methoxy groups -OCH3 is 1. The fraction of sp³-hybridized carbons (Fsp3) is 0.278. The molecule has 1 aliphatic heterocycles. The van der Waals surface area contributed by atoms with Gasteiger partial charge in [-0.3, -0.25) is 9.59 Å². The van der Waals surface area contributed by atoms with Gasteiger partial charge in [-0.05, 0) is 18.2 Å². The van der Waals surface area contributed by atoms with Crippen molar-refractivity contribution < 1.29 is 23.1 Å². The highest BCUT2D eigenvalue weighted by Gasteiger charge is 2.35. The Kier molecular flexibility index (Phi) is 5.11. The van der Waals surface area contributed by atoms with Crippen LogP contribution in [0.4, 0.5) is 14.5 Å². The van der Waals surface area contributed by atoms with Crippen LogP contribution in [0.3, 0.4) is 0 Å². The van der Waals surface area contributed by atoms with Gasteiger partial charge in [0.15, 0.2) is 0 Å². The van der Waals surface area contributed by atoms with Crippen LogP contribution in [0.15, 0.2) is 36.5 Å². The van der Waals surface area contributed by atoms with Crippen molar-refractivity contribution in [3.05, 3.63) is 53.7 Å². The lowest BCUT2D eigenvalue weighted by Gasteiger charge is -2.17. The van der Waals surface area contributed by atoms with E-state index in [1.807, 2.05) is 0 Å². The standard InChI is InChI=1S/C18H17F2N3O3/c1-26-18-11(3-2-4-21-18)9-22-17(25)12-5-16(24)23(10-12)15-7-13(19)6-14(20)8-15/h2-4,6-8,12H,5,9-10H2,1H3,(H,22,25). The third-order valence-corrected chi connectivity index (χ3v) is 4.15. The lowest BCUT2D eigenvalue weighted by molar-refractivity contribution is -0.126. The van der Waals surface area contributed by atoms with Gasteiger partial charge in [0.2, 0.25) is 17.7 Å². The maximum atomic E-state index is 13.4. The summed E-state index contributed by atoms with van der Waals surface area (Å²) in [5.74, 6) is -2.41. The first-order chi connectivity index (χ1) is 12.5. The van der Waals surface area contributed by atoms with Crippen molar-refractivity contribution in [3.63, 3.8) is 0 Å². The molecule has 2 heterocycles. The highest BCUT2D eigenvalue weighted by atomic mass is 19.1. The zero-order valence-corrected chi connectivity index (χ0v) is 14.0. The number of benzene rings is 1. The zero-order valence-electron chi connectivity index (χ0n) is 14.0. The number of rotatable bonds is 5. The molecular formula is C18H17F2N3O3. The lowest BCUT2D eigenvalue weighted by atomic mass is 10.1. The van der Waals surface area contributed by atoms with Crippen molar-refractivity contribution in [2.75, 3.05) is 18.6 Å². The third kappa shape index (κ3) is 3.79. The van der Waals surface area contributed by atoms with Gasteiger partial charge in [0.25, 0.3) is 0 Å². The molecule has 3 rings (SSSR count). The van der Waals surface area contributed by atoms with Crippen molar-refractivity contribution in [2.24, 2.45) is 5.92 Å². The van der Waals surface area contributed by atoms with Gasteiger partial charge in [-0.25, -0.2) is 13.8 Å². The number of hydrogen-bond donors (Lipinski definition) is 1. The molecule has 2 aromatic rings. The Hall–Kier alpha value is -3.03. The fourth-order valence-corrected chi connectivity index (χ4v) is 2.90. The molecule has 1 saturated heterocycles. The van der Waals surface area contributed by atoms with E-state index in [-0.39, 0.29) is 37.0 Å². The molecule has 0 radical (unpaired) electrons. The summed E-state index contributed by atoms with van der Waals surface area (Å²) in [4.78, 5) is 29.8. The second kappa shape index (κ2) is 7.47.